The Hall–Kier alpha value is -1.51. The average Bonchev–Trinajstić information content (AvgIpc) is 1.95. The fourth-order valence-corrected chi connectivity index (χ4v) is 0.675. The van der Waals surface area contributed by atoms with Gasteiger partial charge >= 0.3 is 0 Å². The average molecular weight is 137 g/mol. The van der Waals surface area contributed by atoms with E-state index in [0.29, 0.717) is 6.29 Å². The molecule has 0 bridgehead atoms. The third kappa shape index (κ3) is 0.932. The number of anilines is 1. The van der Waals surface area contributed by atoms with E-state index >= 15 is 0 Å². The smallest absolute Gasteiger partial charge is 0.153 e. The standard InChI is InChI=1S/C7H7NO2/c8-6-3-1-2-5(4-9)7(6)10/h1-4,10H,8H2. The summed E-state index contributed by atoms with van der Waals surface area (Å²) >= 11 is 0. The summed E-state index contributed by atoms with van der Waals surface area (Å²) in [4.78, 5) is 10.2. The maximum Gasteiger partial charge on any atom is 0.153 e. The summed E-state index contributed by atoms with van der Waals surface area (Å²) in [6.45, 7) is 0. The number of carbonyl (C=O) groups excluding carboxylic acids is 1. The van der Waals surface area contributed by atoms with Gasteiger partial charge in [0.25, 0.3) is 0 Å². The van der Waals surface area contributed by atoms with Crippen LogP contribution in [0.3, 0.4) is 0 Å². The molecule has 0 saturated carbocycles. The first-order chi connectivity index (χ1) is 4.75. The van der Waals surface area contributed by atoms with Crippen molar-refractivity contribution in [3.63, 3.8) is 0 Å². The van der Waals surface area contributed by atoms with Gasteiger partial charge in [0, 0.05) is 0 Å². The van der Waals surface area contributed by atoms with E-state index < -0.39 is 0 Å². The summed E-state index contributed by atoms with van der Waals surface area (Å²) in [6, 6.07) is 4.64. The Kier molecular flexibility index (Phi) is 1.58. The summed E-state index contributed by atoms with van der Waals surface area (Å²) in [5.74, 6) is -0.141. The van der Waals surface area contributed by atoms with Crippen molar-refractivity contribution < 1.29 is 9.90 Å². The van der Waals surface area contributed by atoms with Crippen molar-refractivity contribution in [2.75, 3.05) is 5.73 Å². The minimum Gasteiger partial charge on any atom is -0.505 e. The molecule has 0 amide bonds. The molecule has 0 unspecified atom stereocenters. The Morgan fingerprint density at radius 1 is 1.50 bits per heavy atom. The lowest BCUT2D eigenvalue weighted by atomic mass is 10.2. The summed E-state index contributed by atoms with van der Waals surface area (Å²) in [7, 11) is 0. The van der Waals surface area contributed by atoms with Crippen molar-refractivity contribution in [2.24, 2.45) is 0 Å². The molecule has 0 fully saturated rings. The van der Waals surface area contributed by atoms with Gasteiger partial charge in [-0.15, -0.1) is 0 Å². The highest BCUT2D eigenvalue weighted by Gasteiger charge is 2.00. The molecule has 0 aliphatic rings. The van der Waals surface area contributed by atoms with Crippen molar-refractivity contribution in [1.82, 2.24) is 0 Å². The zero-order valence-electron chi connectivity index (χ0n) is 5.24. The van der Waals surface area contributed by atoms with E-state index in [2.05, 4.69) is 0 Å². The van der Waals surface area contributed by atoms with Gasteiger partial charge in [0.2, 0.25) is 0 Å². The molecule has 1 aromatic rings. The number of aromatic hydroxyl groups is 1. The highest BCUT2D eigenvalue weighted by atomic mass is 16.3. The molecule has 0 saturated heterocycles. The van der Waals surface area contributed by atoms with Crippen molar-refractivity contribution in [3.05, 3.63) is 23.8 Å². The molecule has 1 aromatic carbocycles. The Morgan fingerprint density at radius 3 is 2.70 bits per heavy atom. The fourth-order valence-electron chi connectivity index (χ4n) is 0.675. The van der Waals surface area contributed by atoms with Gasteiger partial charge in [-0.25, -0.2) is 0 Å². The third-order valence-electron chi connectivity index (χ3n) is 1.23. The van der Waals surface area contributed by atoms with Gasteiger partial charge in [0.15, 0.2) is 6.29 Å². The molecule has 3 heteroatoms. The maximum atomic E-state index is 10.2. The molecule has 1 rings (SSSR count). The number of phenolic OH excluding ortho intramolecular Hbond substituents is 1. The second-order valence-electron chi connectivity index (χ2n) is 1.90. The molecule has 3 nitrogen and oxygen atoms in total. The Labute approximate surface area is 58.1 Å². The molecule has 0 radical (unpaired) electrons. The van der Waals surface area contributed by atoms with Crippen LogP contribution < -0.4 is 5.73 Å². The molecule has 0 atom stereocenters. The lowest BCUT2D eigenvalue weighted by Crippen LogP contribution is -1.88. The summed E-state index contributed by atoms with van der Waals surface area (Å²) in [5.41, 5.74) is 5.74. The Balaban J connectivity index is 3.27. The zero-order valence-corrected chi connectivity index (χ0v) is 5.24. The number of hydrogen-bond acceptors (Lipinski definition) is 3. The summed E-state index contributed by atoms with van der Waals surface area (Å²) in [6.07, 6.45) is 0.561. The lowest BCUT2D eigenvalue weighted by Gasteiger charge is -1.98. The van der Waals surface area contributed by atoms with Crippen molar-refractivity contribution in [2.45, 2.75) is 0 Å². The molecule has 0 aromatic heterocycles. The first kappa shape index (κ1) is 6.61. The van der Waals surface area contributed by atoms with E-state index in [9.17, 15) is 4.79 Å². The summed E-state index contributed by atoms with van der Waals surface area (Å²) in [5, 5.41) is 9.04. The third-order valence-corrected chi connectivity index (χ3v) is 1.23. The molecule has 3 N–H and O–H groups in total. The number of nitrogens with two attached hydrogens (primary N) is 1. The van der Waals surface area contributed by atoms with Gasteiger partial charge < -0.3 is 10.8 Å². The van der Waals surface area contributed by atoms with Crippen LogP contribution in [0.5, 0.6) is 5.75 Å². The fraction of sp³-hybridized carbons (Fsp3) is 0. The van der Waals surface area contributed by atoms with Crippen LogP contribution in [0, 0.1) is 0 Å². The van der Waals surface area contributed by atoms with E-state index in [1.54, 1.807) is 6.07 Å². The van der Waals surface area contributed by atoms with Gasteiger partial charge in [-0.1, -0.05) is 6.07 Å². The first-order valence-corrected chi connectivity index (χ1v) is 2.78. The van der Waals surface area contributed by atoms with Crippen LogP contribution in [0.4, 0.5) is 5.69 Å². The minimum atomic E-state index is -0.141. The van der Waals surface area contributed by atoms with Gasteiger partial charge in [-0.3, -0.25) is 4.79 Å². The van der Waals surface area contributed by atoms with Crippen LogP contribution in [0.1, 0.15) is 10.4 Å². The Bertz CT molecular complexity index is 258. The van der Waals surface area contributed by atoms with Crippen LogP contribution in [-0.4, -0.2) is 11.4 Å². The van der Waals surface area contributed by atoms with E-state index in [-0.39, 0.29) is 17.0 Å². The number of carbonyl (C=O) groups is 1. The molecule has 52 valence electrons. The molecule has 0 aliphatic carbocycles. The van der Waals surface area contributed by atoms with Crippen molar-refractivity contribution in [3.8, 4) is 5.75 Å². The quantitative estimate of drug-likeness (QED) is 0.341. The maximum absolute atomic E-state index is 10.2. The molecule has 0 aliphatic heterocycles. The number of para-hydroxylation sites is 1. The van der Waals surface area contributed by atoms with E-state index in [1.165, 1.54) is 12.1 Å². The van der Waals surface area contributed by atoms with Crippen molar-refractivity contribution in [1.29, 1.82) is 0 Å². The van der Waals surface area contributed by atoms with Gasteiger partial charge in [0.05, 0.1) is 11.3 Å². The van der Waals surface area contributed by atoms with Crippen LogP contribution in [0.25, 0.3) is 0 Å². The lowest BCUT2D eigenvalue weighted by molar-refractivity contribution is 0.112. The number of aldehydes is 1. The molecule has 0 heterocycles. The monoisotopic (exact) mass is 137 g/mol. The van der Waals surface area contributed by atoms with Crippen molar-refractivity contribution >= 4 is 12.0 Å². The number of hydrogen-bond donors (Lipinski definition) is 2. The van der Waals surface area contributed by atoms with Gasteiger partial charge in [-0.2, -0.15) is 0 Å². The first-order valence-electron chi connectivity index (χ1n) is 2.78. The topological polar surface area (TPSA) is 63.3 Å². The van der Waals surface area contributed by atoms with Crippen LogP contribution in [-0.2, 0) is 0 Å². The van der Waals surface area contributed by atoms with Crippen LogP contribution >= 0.6 is 0 Å². The summed E-state index contributed by atoms with van der Waals surface area (Å²) < 4.78 is 0. The number of nitrogen functional groups attached to an aromatic ring is 1. The van der Waals surface area contributed by atoms with Gasteiger partial charge in [-0.05, 0) is 12.1 Å². The highest BCUT2D eigenvalue weighted by Crippen LogP contribution is 2.22. The largest absolute Gasteiger partial charge is 0.505 e. The Morgan fingerprint density at radius 2 is 2.20 bits per heavy atom. The minimum absolute atomic E-state index is 0.141. The molecular weight excluding hydrogens is 130 g/mol. The second-order valence-corrected chi connectivity index (χ2v) is 1.90. The van der Waals surface area contributed by atoms with Gasteiger partial charge in [0.1, 0.15) is 5.75 Å². The van der Waals surface area contributed by atoms with Crippen LogP contribution in [0.15, 0.2) is 18.2 Å². The zero-order chi connectivity index (χ0) is 7.56. The van der Waals surface area contributed by atoms with Crippen LogP contribution in [0.2, 0.25) is 0 Å². The van der Waals surface area contributed by atoms with E-state index in [1.807, 2.05) is 0 Å². The predicted molar refractivity (Wildman–Crippen MR) is 37.9 cm³/mol. The highest BCUT2D eigenvalue weighted by molar-refractivity contribution is 5.82. The predicted octanol–water partition coefficient (Wildman–Crippen LogP) is 0.787. The van der Waals surface area contributed by atoms with E-state index in [0.717, 1.165) is 0 Å². The SMILES string of the molecule is Nc1cccc(C=O)c1O. The second kappa shape index (κ2) is 2.39. The molecule has 0 spiro atoms. The molecule has 10 heavy (non-hydrogen) atoms. The number of phenols is 1. The van der Waals surface area contributed by atoms with E-state index in [4.69, 9.17) is 10.8 Å². The molecular formula is C7H7NO2. The normalized spacial score (nSPS) is 9.20. The number of benzene rings is 1. The number of rotatable bonds is 1.